The monoisotopic (exact) mass is 336 g/mol. The zero-order chi connectivity index (χ0) is 18.0. The molecule has 0 aliphatic rings. The lowest BCUT2D eigenvalue weighted by Crippen LogP contribution is -2.32. The molecular weight excluding hydrogens is 316 g/mol. The van der Waals surface area contributed by atoms with E-state index in [2.05, 4.69) is 5.16 Å². The molecule has 0 spiro atoms. The van der Waals surface area contributed by atoms with E-state index in [0.29, 0.717) is 11.5 Å². The smallest absolute Gasteiger partial charge is 0.269 e. The van der Waals surface area contributed by atoms with Crippen LogP contribution in [0.25, 0.3) is 5.65 Å². The van der Waals surface area contributed by atoms with Crippen LogP contribution < -0.4 is 10.5 Å². The summed E-state index contributed by atoms with van der Waals surface area (Å²) in [5.74, 6) is 0.471. The van der Waals surface area contributed by atoms with Crippen molar-refractivity contribution >= 4 is 23.4 Å². The average molecular weight is 336 g/mol. The number of benzene rings is 1. The first-order chi connectivity index (χ1) is 12.0. The van der Waals surface area contributed by atoms with Gasteiger partial charge in [-0.15, -0.1) is 0 Å². The molecule has 2 heterocycles. The van der Waals surface area contributed by atoms with Crippen LogP contribution in [0.4, 0.5) is 11.5 Å². The molecule has 1 aromatic carbocycles. The molecule has 0 amide bonds. The molecule has 3 aromatic rings. The second-order valence-corrected chi connectivity index (χ2v) is 6.08. The number of oxime groups is 1. The molecule has 1 N–H and O–H groups in total. The number of anilines is 2. The summed E-state index contributed by atoms with van der Waals surface area (Å²) in [6.07, 6.45) is 2.82. The fourth-order valence-electron chi connectivity index (χ4n) is 2.91. The number of rotatable bonds is 4. The van der Waals surface area contributed by atoms with E-state index in [-0.39, 0.29) is 17.2 Å². The van der Waals surface area contributed by atoms with E-state index in [1.807, 2.05) is 62.1 Å². The molecule has 6 heteroatoms. The van der Waals surface area contributed by atoms with Crippen LogP contribution in [0.2, 0.25) is 0 Å². The minimum Gasteiger partial charge on any atom is -0.411 e. The molecule has 3 rings (SSSR count). The number of fused-ring (bicyclic) bond motifs is 1. The van der Waals surface area contributed by atoms with Crippen molar-refractivity contribution in [3.05, 3.63) is 70.1 Å². The minimum atomic E-state index is -0.275. The van der Waals surface area contributed by atoms with Gasteiger partial charge in [0.15, 0.2) is 0 Å². The van der Waals surface area contributed by atoms with Crippen molar-refractivity contribution in [2.24, 2.45) is 5.16 Å². The van der Waals surface area contributed by atoms with Gasteiger partial charge in [-0.2, -0.15) is 0 Å². The van der Waals surface area contributed by atoms with E-state index < -0.39 is 0 Å². The van der Waals surface area contributed by atoms with Gasteiger partial charge in [0.25, 0.3) is 5.56 Å². The fourth-order valence-corrected chi connectivity index (χ4v) is 2.91. The van der Waals surface area contributed by atoms with E-state index in [0.717, 1.165) is 17.5 Å². The highest BCUT2D eigenvalue weighted by Crippen LogP contribution is 2.28. The van der Waals surface area contributed by atoms with Crippen molar-refractivity contribution in [1.29, 1.82) is 0 Å². The summed E-state index contributed by atoms with van der Waals surface area (Å²) in [6, 6.07) is 13.5. The predicted octanol–water partition coefficient (Wildman–Crippen LogP) is 3.36. The van der Waals surface area contributed by atoms with Crippen molar-refractivity contribution in [2.45, 2.75) is 26.8 Å². The summed E-state index contributed by atoms with van der Waals surface area (Å²) in [4.78, 5) is 19.6. The Bertz CT molecular complexity index is 978. The minimum absolute atomic E-state index is 0.0478. The molecule has 0 radical (unpaired) electrons. The van der Waals surface area contributed by atoms with Crippen molar-refractivity contribution < 1.29 is 5.21 Å². The van der Waals surface area contributed by atoms with Gasteiger partial charge in [0.2, 0.25) is 0 Å². The Balaban J connectivity index is 2.38. The fraction of sp³-hybridized carbons (Fsp3) is 0.211. The second kappa shape index (κ2) is 6.76. The normalized spacial score (nSPS) is 11.5. The van der Waals surface area contributed by atoms with Crippen LogP contribution in [0.3, 0.4) is 0 Å². The summed E-state index contributed by atoms with van der Waals surface area (Å²) < 4.78 is 1.47. The number of aromatic nitrogens is 2. The summed E-state index contributed by atoms with van der Waals surface area (Å²) in [5.41, 5.74) is 2.35. The highest BCUT2D eigenvalue weighted by Gasteiger charge is 2.21. The predicted molar refractivity (Wildman–Crippen MR) is 99.3 cm³/mol. The summed E-state index contributed by atoms with van der Waals surface area (Å²) in [7, 11) is 0. The number of para-hydroxylation sites is 1. The molecule has 0 unspecified atom stereocenters. The van der Waals surface area contributed by atoms with Gasteiger partial charge in [0, 0.05) is 17.9 Å². The van der Waals surface area contributed by atoms with Crippen LogP contribution >= 0.6 is 0 Å². The summed E-state index contributed by atoms with van der Waals surface area (Å²) in [5, 5.41) is 12.1. The van der Waals surface area contributed by atoms with Crippen LogP contribution in [-0.4, -0.2) is 26.8 Å². The lowest BCUT2D eigenvalue weighted by Gasteiger charge is -2.29. The second-order valence-electron chi connectivity index (χ2n) is 6.08. The molecular formula is C19H20N4O2. The number of hydrogen-bond donors (Lipinski definition) is 1. The van der Waals surface area contributed by atoms with Gasteiger partial charge >= 0.3 is 0 Å². The third kappa shape index (κ3) is 2.98. The molecule has 0 fully saturated rings. The molecule has 0 bridgehead atoms. The Hall–Kier alpha value is -3.15. The van der Waals surface area contributed by atoms with Gasteiger partial charge in [-0.3, -0.25) is 9.20 Å². The number of nitrogens with zero attached hydrogens (tertiary/aromatic N) is 4. The molecule has 2 aromatic heterocycles. The molecule has 0 saturated heterocycles. The standard InChI is InChI=1S/C19H20N4O2/c1-13(2)23(15-9-5-4-6-10-15)18-16(12-20-25)19(24)22-11-7-8-14(3)17(22)21-18/h4-13,25H,1-3H3/b20-12+. The van der Waals surface area contributed by atoms with Crippen molar-refractivity contribution in [3.63, 3.8) is 0 Å². The summed E-state index contributed by atoms with van der Waals surface area (Å²) in [6.45, 7) is 5.95. The van der Waals surface area contributed by atoms with Gasteiger partial charge in [-0.05, 0) is 44.5 Å². The number of hydrogen-bond acceptors (Lipinski definition) is 5. The van der Waals surface area contributed by atoms with Crippen LogP contribution in [-0.2, 0) is 0 Å². The molecule has 0 saturated carbocycles. The third-order valence-corrected chi connectivity index (χ3v) is 4.03. The number of aryl methyl sites for hydroxylation is 1. The molecule has 0 aliphatic carbocycles. The van der Waals surface area contributed by atoms with E-state index in [4.69, 9.17) is 10.2 Å². The van der Waals surface area contributed by atoms with Gasteiger partial charge in [0.1, 0.15) is 17.0 Å². The third-order valence-electron chi connectivity index (χ3n) is 4.03. The van der Waals surface area contributed by atoms with Gasteiger partial charge in [-0.25, -0.2) is 4.98 Å². The van der Waals surface area contributed by atoms with E-state index >= 15 is 0 Å². The molecule has 0 atom stereocenters. The molecule has 25 heavy (non-hydrogen) atoms. The Morgan fingerprint density at radius 3 is 2.56 bits per heavy atom. The zero-order valence-corrected chi connectivity index (χ0v) is 14.4. The van der Waals surface area contributed by atoms with E-state index in [9.17, 15) is 4.79 Å². The maximum Gasteiger partial charge on any atom is 0.269 e. The Labute approximate surface area is 145 Å². The Morgan fingerprint density at radius 1 is 1.20 bits per heavy atom. The van der Waals surface area contributed by atoms with Crippen molar-refractivity contribution in [3.8, 4) is 0 Å². The quantitative estimate of drug-likeness (QED) is 0.450. The Morgan fingerprint density at radius 2 is 1.92 bits per heavy atom. The lowest BCUT2D eigenvalue weighted by molar-refractivity contribution is 0.322. The largest absolute Gasteiger partial charge is 0.411 e. The van der Waals surface area contributed by atoms with Crippen LogP contribution in [0.15, 0.2) is 58.6 Å². The molecule has 128 valence electrons. The number of pyridine rings is 1. The Kier molecular flexibility index (Phi) is 4.52. The van der Waals surface area contributed by atoms with E-state index in [1.165, 1.54) is 4.40 Å². The highest BCUT2D eigenvalue weighted by atomic mass is 16.4. The first-order valence-electron chi connectivity index (χ1n) is 8.08. The average Bonchev–Trinajstić information content (AvgIpc) is 2.60. The van der Waals surface area contributed by atoms with Gasteiger partial charge in [0.05, 0.1) is 6.21 Å². The highest BCUT2D eigenvalue weighted by molar-refractivity contribution is 5.88. The maximum absolute atomic E-state index is 12.9. The van der Waals surface area contributed by atoms with Crippen molar-refractivity contribution in [2.75, 3.05) is 4.90 Å². The zero-order valence-electron chi connectivity index (χ0n) is 14.4. The molecule has 6 nitrogen and oxygen atoms in total. The SMILES string of the molecule is Cc1cccn2c(=O)c(/C=N/O)c(N(c3ccccc3)C(C)C)nc12. The molecule has 0 aliphatic heterocycles. The topological polar surface area (TPSA) is 70.2 Å². The summed E-state index contributed by atoms with van der Waals surface area (Å²) >= 11 is 0. The van der Waals surface area contributed by atoms with Crippen molar-refractivity contribution in [1.82, 2.24) is 9.38 Å². The first kappa shape index (κ1) is 16.7. The van der Waals surface area contributed by atoms with Gasteiger partial charge in [-0.1, -0.05) is 29.4 Å². The van der Waals surface area contributed by atoms with Crippen LogP contribution in [0.5, 0.6) is 0 Å². The first-order valence-corrected chi connectivity index (χ1v) is 8.08. The maximum atomic E-state index is 12.9. The van der Waals surface area contributed by atoms with Crippen LogP contribution in [0, 0.1) is 6.92 Å². The lowest BCUT2D eigenvalue weighted by atomic mass is 10.2. The van der Waals surface area contributed by atoms with E-state index in [1.54, 1.807) is 12.3 Å². The van der Waals surface area contributed by atoms with Gasteiger partial charge < -0.3 is 10.1 Å². The van der Waals surface area contributed by atoms with Crippen LogP contribution in [0.1, 0.15) is 25.0 Å².